The van der Waals surface area contributed by atoms with Crippen molar-refractivity contribution in [1.82, 2.24) is 0 Å². The highest BCUT2D eigenvalue weighted by Crippen LogP contribution is 2.36. The monoisotopic (exact) mass is 242 g/mol. The van der Waals surface area contributed by atoms with Crippen LogP contribution < -0.4 is 14.2 Å². The van der Waals surface area contributed by atoms with E-state index in [1.54, 1.807) is 7.11 Å². The Labute approximate surface area is 106 Å². The van der Waals surface area contributed by atoms with Gasteiger partial charge in [0.2, 0.25) is 0 Å². The average molecular weight is 242 g/mol. The standard InChI is InChI=1S/C15H14O3/c1-16-12-8-6-11(7-9-12)15-10-17-13-4-2-3-5-14(13)18-15/h2-9,15H,10H2,1H3. The van der Waals surface area contributed by atoms with Crippen LogP contribution in [0, 0.1) is 0 Å². The van der Waals surface area contributed by atoms with Gasteiger partial charge in [-0.05, 0) is 29.8 Å². The Kier molecular flexibility index (Phi) is 2.81. The molecule has 0 saturated carbocycles. The third kappa shape index (κ3) is 1.99. The van der Waals surface area contributed by atoms with Crippen LogP contribution in [-0.2, 0) is 0 Å². The Morgan fingerprint density at radius 2 is 1.72 bits per heavy atom. The van der Waals surface area contributed by atoms with Crippen molar-refractivity contribution in [2.45, 2.75) is 6.10 Å². The van der Waals surface area contributed by atoms with E-state index >= 15 is 0 Å². The van der Waals surface area contributed by atoms with Crippen molar-refractivity contribution in [3.63, 3.8) is 0 Å². The van der Waals surface area contributed by atoms with Gasteiger partial charge in [0.05, 0.1) is 7.11 Å². The van der Waals surface area contributed by atoms with E-state index in [-0.39, 0.29) is 6.10 Å². The molecule has 3 rings (SSSR count). The second-order valence-corrected chi connectivity index (χ2v) is 4.14. The molecule has 2 aromatic carbocycles. The maximum Gasteiger partial charge on any atom is 0.162 e. The van der Waals surface area contributed by atoms with Gasteiger partial charge in [-0.2, -0.15) is 0 Å². The Balaban J connectivity index is 1.82. The number of rotatable bonds is 2. The fourth-order valence-corrected chi connectivity index (χ4v) is 2.00. The van der Waals surface area contributed by atoms with Gasteiger partial charge in [-0.3, -0.25) is 0 Å². The molecular formula is C15H14O3. The summed E-state index contributed by atoms with van der Waals surface area (Å²) >= 11 is 0. The van der Waals surface area contributed by atoms with E-state index in [9.17, 15) is 0 Å². The van der Waals surface area contributed by atoms with Crippen molar-refractivity contribution < 1.29 is 14.2 Å². The smallest absolute Gasteiger partial charge is 0.162 e. The maximum absolute atomic E-state index is 5.93. The van der Waals surface area contributed by atoms with Crippen LogP contribution in [0.2, 0.25) is 0 Å². The zero-order chi connectivity index (χ0) is 12.4. The number of hydrogen-bond donors (Lipinski definition) is 0. The first-order chi connectivity index (χ1) is 8.86. The van der Waals surface area contributed by atoms with Crippen LogP contribution in [0.15, 0.2) is 48.5 Å². The molecule has 0 bridgehead atoms. The summed E-state index contributed by atoms with van der Waals surface area (Å²) in [5.74, 6) is 2.45. The molecule has 1 heterocycles. The summed E-state index contributed by atoms with van der Waals surface area (Å²) < 4.78 is 16.8. The first kappa shape index (κ1) is 11.0. The minimum atomic E-state index is -0.0641. The molecule has 0 radical (unpaired) electrons. The first-order valence-electron chi connectivity index (χ1n) is 5.89. The highest BCUT2D eigenvalue weighted by molar-refractivity contribution is 5.41. The third-order valence-electron chi connectivity index (χ3n) is 3.00. The minimum Gasteiger partial charge on any atom is -0.497 e. The molecule has 1 unspecified atom stereocenters. The quantitative estimate of drug-likeness (QED) is 0.809. The molecule has 0 aliphatic carbocycles. The Morgan fingerprint density at radius 3 is 2.44 bits per heavy atom. The second kappa shape index (κ2) is 4.61. The fourth-order valence-electron chi connectivity index (χ4n) is 2.00. The van der Waals surface area contributed by atoms with E-state index in [4.69, 9.17) is 14.2 Å². The molecule has 1 aliphatic rings. The van der Waals surface area contributed by atoms with E-state index in [2.05, 4.69) is 0 Å². The van der Waals surface area contributed by atoms with Gasteiger partial charge in [-0.15, -0.1) is 0 Å². The van der Waals surface area contributed by atoms with Crippen molar-refractivity contribution in [3.8, 4) is 17.2 Å². The molecule has 3 heteroatoms. The summed E-state index contributed by atoms with van der Waals surface area (Å²) in [5, 5.41) is 0. The van der Waals surface area contributed by atoms with Gasteiger partial charge in [-0.1, -0.05) is 24.3 Å². The molecule has 3 nitrogen and oxygen atoms in total. The molecule has 2 aromatic rings. The molecule has 0 spiro atoms. The summed E-state index contributed by atoms with van der Waals surface area (Å²) in [7, 11) is 1.66. The molecule has 0 amide bonds. The second-order valence-electron chi connectivity index (χ2n) is 4.14. The third-order valence-corrected chi connectivity index (χ3v) is 3.00. The summed E-state index contributed by atoms with van der Waals surface area (Å²) in [6.07, 6.45) is -0.0641. The van der Waals surface area contributed by atoms with E-state index in [1.807, 2.05) is 48.5 Å². The minimum absolute atomic E-state index is 0.0641. The summed E-state index contributed by atoms with van der Waals surface area (Å²) in [5.41, 5.74) is 1.09. The van der Waals surface area contributed by atoms with E-state index < -0.39 is 0 Å². The topological polar surface area (TPSA) is 27.7 Å². The van der Waals surface area contributed by atoms with Gasteiger partial charge in [0.15, 0.2) is 17.6 Å². The number of fused-ring (bicyclic) bond motifs is 1. The van der Waals surface area contributed by atoms with Crippen LogP contribution in [0.4, 0.5) is 0 Å². The molecular weight excluding hydrogens is 228 g/mol. The van der Waals surface area contributed by atoms with Crippen LogP contribution in [0.5, 0.6) is 17.2 Å². The number of para-hydroxylation sites is 2. The summed E-state index contributed by atoms with van der Waals surface area (Å²) in [6.45, 7) is 0.531. The average Bonchev–Trinajstić information content (AvgIpc) is 2.47. The Hall–Kier alpha value is -2.16. The Morgan fingerprint density at radius 1 is 1.00 bits per heavy atom. The Bertz CT molecular complexity index is 534. The van der Waals surface area contributed by atoms with Gasteiger partial charge in [0.1, 0.15) is 12.4 Å². The highest BCUT2D eigenvalue weighted by Gasteiger charge is 2.21. The molecule has 92 valence electrons. The molecule has 18 heavy (non-hydrogen) atoms. The number of ether oxygens (including phenoxy) is 3. The van der Waals surface area contributed by atoms with Crippen molar-refractivity contribution >= 4 is 0 Å². The molecule has 0 saturated heterocycles. The predicted octanol–water partition coefficient (Wildman–Crippen LogP) is 3.21. The molecule has 1 atom stereocenters. The molecule has 1 aliphatic heterocycles. The maximum atomic E-state index is 5.93. The first-order valence-corrected chi connectivity index (χ1v) is 5.89. The molecule has 0 fully saturated rings. The largest absolute Gasteiger partial charge is 0.497 e. The van der Waals surface area contributed by atoms with Crippen LogP contribution in [0.1, 0.15) is 11.7 Å². The normalized spacial score (nSPS) is 17.3. The van der Waals surface area contributed by atoms with Gasteiger partial charge < -0.3 is 14.2 Å². The van der Waals surface area contributed by atoms with Crippen molar-refractivity contribution in [1.29, 1.82) is 0 Å². The summed E-state index contributed by atoms with van der Waals surface area (Å²) in [4.78, 5) is 0. The van der Waals surface area contributed by atoms with Gasteiger partial charge in [0, 0.05) is 0 Å². The number of methoxy groups -OCH3 is 1. The van der Waals surface area contributed by atoms with Crippen LogP contribution >= 0.6 is 0 Å². The SMILES string of the molecule is COc1ccc(C2COc3ccccc3O2)cc1. The van der Waals surface area contributed by atoms with Crippen LogP contribution in [-0.4, -0.2) is 13.7 Å². The lowest BCUT2D eigenvalue weighted by molar-refractivity contribution is 0.0912. The molecule has 0 N–H and O–H groups in total. The zero-order valence-electron chi connectivity index (χ0n) is 10.1. The van der Waals surface area contributed by atoms with Gasteiger partial charge in [0.25, 0.3) is 0 Å². The van der Waals surface area contributed by atoms with E-state index in [1.165, 1.54) is 0 Å². The summed E-state index contributed by atoms with van der Waals surface area (Å²) in [6, 6.07) is 15.6. The lowest BCUT2D eigenvalue weighted by Gasteiger charge is -2.26. The van der Waals surface area contributed by atoms with Crippen molar-refractivity contribution in [3.05, 3.63) is 54.1 Å². The van der Waals surface area contributed by atoms with Crippen LogP contribution in [0.3, 0.4) is 0 Å². The highest BCUT2D eigenvalue weighted by atomic mass is 16.6. The van der Waals surface area contributed by atoms with E-state index in [0.29, 0.717) is 6.61 Å². The van der Waals surface area contributed by atoms with E-state index in [0.717, 1.165) is 22.8 Å². The number of benzene rings is 2. The predicted molar refractivity (Wildman–Crippen MR) is 68.3 cm³/mol. The lowest BCUT2D eigenvalue weighted by atomic mass is 10.1. The van der Waals surface area contributed by atoms with Gasteiger partial charge >= 0.3 is 0 Å². The van der Waals surface area contributed by atoms with Crippen molar-refractivity contribution in [2.24, 2.45) is 0 Å². The fraction of sp³-hybridized carbons (Fsp3) is 0.200. The zero-order valence-corrected chi connectivity index (χ0v) is 10.1. The van der Waals surface area contributed by atoms with Crippen molar-refractivity contribution in [2.75, 3.05) is 13.7 Å². The molecule has 0 aromatic heterocycles. The van der Waals surface area contributed by atoms with Gasteiger partial charge in [-0.25, -0.2) is 0 Å². The lowest BCUT2D eigenvalue weighted by Crippen LogP contribution is -2.21. The number of hydrogen-bond acceptors (Lipinski definition) is 3. The van der Waals surface area contributed by atoms with Crippen LogP contribution in [0.25, 0.3) is 0 Å².